The quantitative estimate of drug-likeness (QED) is 0.360. The first kappa shape index (κ1) is 26.3. The van der Waals surface area contributed by atoms with Crippen LogP contribution in [0.4, 0.5) is 0 Å². The van der Waals surface area contributed by atoms with E-state index in [0.29, 0.717) is 25.1 Å². The molecular formula is C26H39N3O4S. The van der Waals surface area contributed by atoms with Crippen LogP contribution in [0.2, 0.25) is 0 Å². The monoisotopic (exact) mass is 489 g/mol. The first-order valence-electron chi connectivity index (χ1n) is 12.7. The van der Waals surface area contributed by atoms with Gasteiger partial charge in [0, 0.05) is 31.9 Å². The van der Waals surface area contributed by atoms with E-state index in [-0.39, 0.29) is 5.91 Å². The molecule has 0 aromatic carbocycles. The molecule has 2 amide bonds. The number of allylic oxidation sites excluding steroid dienone is 4. The third-order valence-corrected chi connectivity index (χ3v) is 7.77. The van der Waals surface area contributed by atoms with Gasteiger partial charge in [0.15, 0.2) is 0 Å². The minimum atomic E-state index is -3.68. The van der Waals surface area contributed by atoms with Crippen LogP contribution in [0.25, 0.3) is 0 Å². The number of amides is 2. The predicted octanol–water partition coefficient (Wildman–Crippen LogP) is 4.32. The van der Waals surface area contributed by atoms with Crippen molar-refractivity contribution < 1.29 is 18.0 Å². The van der Waals surface area contributed by atoms with Crippen LogP contribution in [0.15, 0.2) is 48.5 Å². The smallest absolute Gasteiger partial charge is 0.246 e. The van der Waals surface area contributed by atoms with Gasteiger partial charge in [0.1, 0.15) is 0 Å². The molecule has 0 aromatic heterocycles. The van der Waals surface area contributed by atoms with E-state index in [2.05, 4.69) is 29.5 Å². The standard InChI is InChI=1S/C26H39N3O4S/c1-3-15-22-25-23(29(26(22)31)34(2,32)33)17-21-28(25)24(30)16-11-7-5-4-6-8-12-18-27-19-13-9-10-14-20-27/h9-10,13-14,17,19-20,22,25H,3-8,11-12,15-16,18,21H2,1-2H3/t22-,25-/m1/s1. The normalized spacial score (nSPS) is 21.9. The van der Waals surface area contributed by atoms with E-state index in [1.165, 1.54) is 25.7 Å². The van der Waals surface area contributed by atoms with Crippen LogP contribution in [0.3, 0.4) is 0 Å². The summed E-state index contributed by atoms with van der Waals surface area (Å²) in [5.41, 5.74) is 0.474. The van der Waals surface area contributed by atoms with E-state index in [1.807, 2.05) is 19.1 Å². The average molecular weight is 490 g/mol. The minimum absolute atomic E-state index is 0.0218. The molecule has 0 unspecified atom stereocenters. The highest BCUT2D eigenvalue weighted by atomic mass is 32.2. The molecule has 0 spiro atoms. The summed E-state index contributed by atoms with van der Waals surface area (Å²) in [5.74, 6) is -0.833. The number of hydrogen-bond acceptors (Lipinski definition) is 5. The van der Waals surface area contributed by atoms with Crippen LogP contribution in [-0.2, 0) is 19.6 Å². The fourth-order valence-electron chi connectivity index (χ4n) is 5.07. The lowest BCUT2D eigenvalue weighted by molar-refractivity contribution is -0.133. The SMILES string of the molecule is CCC[C@H]1C(=O)N(S(C)(=O)=O)C2=CCN(C(=O)CCCCCCCCCN3C=CC=CC=C3)[C@@H]21. The average Bonchev–Trinajstić information content (AvgIpc) is 3.18. The zero-order valence-electron chi connectivity index (χ0n) is 20.6. The molecule has 0 saturated carbocycles. The van der Waals surface area contributed by atoms with Crippen molar-refractivity contribution in [3.63, 3.8) is 0 Å². The van der Waals surface area contributed by atoms with Gasteiger partial charge in [0.25, 0.3) is 0 Å². The van der Waals surface area contributed by atoms with Gasteiger partial charge in [-0.2, -0.15) is 0 Å². The number of nitrogens with zero attached hydrogens (tertiary/aromatic N) is 3. The summed E-state index contributed by atoms with van der Waals surface area (Å²) in [5, 5.41) is 0. The maximum atomic E-state index is 12.9. The summed E-state index contributed by atoms with van der Waals surface area (Å²) in [6.45, 7) is 3.39. The summed E-state index contributed by atoms with van der Waals surface area (Å²) < 4.78 is 25.3. The van der Waals surface area contributed by atoms with Gasteiger partial charge in [0.05, 0.1) is 23.9 Å². The van der Waals surface area contributed by atoms with Crippen molar-refractivity contribution in [1.29, 1.82) is 0 Å². The van der Waals surface area contributed by atoms with Crippen LogP contribution in [0.1, 0.15) is 71.1 Å². The first-order valence-corrected chi connectivity index (χ1v) is 14.5. The van der Waals surface area contributed by atoms with E-state index in [4.69, 9.17) is 0 Å². The number of carbonyl (C=O) groups excluding carboxylic acids is 2. The molecule has 0 radical (unpaired) electrons. The number of unbranched alkanes of at least 4 members (excludes halogenated alkanes) is 6. The van der Waals surface area contributed by atoms with E-state index < -0.39 is 27.9 Å². The van der Waals surface area contributed by atoms with Gasteiger partial charge in [-0.15, -0.1) is 0 Å². The third kappa shape index (κ3) is 6.62. The summed E-state index contributed by atoms with van der Waals surface area (Å²) in [6, 6.07) is -0.431. The van der Waals surface area contributed by atoms with Crippen molar-refractivity contribution in [2.45, 2.75) is 77.2 Å². The molecule has 3 rings (SSSR count). The molecule has 3 heterocycles. The van der Waals surface area contributed by atoms with Crippen LogP contribution in [0, 0.1) is 5.92 Å². The van der Waals surface area contributed by atoms with Crippen molar-refractivity contribution in [2.24, 2.45) is 5.92 Å². The Hall–Kier alpha value is -2.35. The molecule has 34 heavy (non-hydrogen) atoms. The Labute approximate surface area is 204 Å². The highest BCUT2D eigenvalue weighted by Gasteiger charge is 2.53. The number of carbonyl (C=O) groups is 2. The fraction of sp³-hybridized carbons (Fsp3) is 0.615. The molecule has 7 nitrogen and oxygen atoms in total. The Bertz CT molecular complexity index is 935. The van der Waals surface area contributed by atoms with Gasteiger partial charge >= 0.3 is 0 Å². The third-order valence-electron chi connectivity index (χ3n) is 6.72. The summed E-state index contributed by atoms with van der Waals surface area (Å²) in [6.07, 6.45) is 24.7. The molecule has 188 valence electrons. The van der Waals surface area contributed by atoms with Crippen LogP contribution < -0.4 is 0 Å². The van der Waals surface area contributed by atoms with Gasteiger partial charge in [-0.1, -0.05) is 57.6 Å². The summed E-state index contributed by atoms with van der Waals surface area (Å²) in [4.78, 5) is 29.7. The molecule has 2 atom stereocenters. The Morgan fingerprint density at radius 2 is 1.59 bits per heavy atom. The highest BCUT2D eigenvalue weighted by molar-refractivity contribution is 7.89. The van der Waals surface area contributed by atoms with Crippen molar-refractivity contribution in [3.05, 3.63) is 48.5 Å². The molecular weight excluding hydrogens is 450 g/mol. The molecule has 0 aromatic rings. The van der Waals surface area contributed by atoms with Crippen LogP contribution in [0.5, 0.6) is 0 Å². The zero-order chi connectivity index (χ0) is 24.6. The van der Waals surface area contributed by atoms with E-state index in [9.17, 15) is 18.0 Å². The second-order valence-electron chi connectivity index (χ2n) is 9.41. The molecule has 1 saturated heterocycles. The van der Waals surface area contributed by atoms with Crippen molar-refractivity contribution in [2.75, 3.05) is 19.3 Å². The summed E-state index contributed by atoms with van der Waals surface area (Å²) >= 11 is 0. The second-order valence-corrected chi connectivity index (χ2v) is 11.2. The Morgan fingerprint density at radius 1 is 0.971 bits per heavy atom. The zero-order valence-corrected chi connectivity index (χ0v) is 21.4. The number of fused-ring (bicyclic) bond motifs is 1. The lowest BCUT2D eigenvalue weighted by Crippen LogP contribution is -2.41. The molecule has 3 aliphatic rings. The second kappa shape index (κ2) is 12.4. The van der Waals surface area contributed by atoms with Gasteiger partial charge < -0.3 is 9.80 Å². The van der Waals surface area contributed by atoms with Crippen molar-refractivity contribution >= 4 is 21.8 Å². The van der Waals surface area contributed by atoms with E-state index in [0.717, 1.165) is 42.8 Å². The predicted molar refractivity (Wildman–Crippen MR) is 135 cm³/mol. The topological polar surface area (TPSA) is 78.0 Å². The maximum absolute atomic E-state index is 12.9. The molecule has 0 bridgehead atoms. The molecule has 0 N–H and O–H groups in total. The van der Waals surface area contributed by atoms with Gasteiger partial charge in [-0.3, -0.25) is 9.59 Å². The first-order chi connectivity index (χ1) is 16.3. The number of sulfonamides is 1. The van der Waals surface area contributed by atoms with Gasteiger partial charge in [-0.05, 0) is 37.5 Å². The number of rotatable bonds is 13. The number of hydrogen-bond donors (Lipinski definition) is 0. The lowest BCUT2D eigenvalue weighted by atomic mass is 9.95. The Morgan fingerprint density at radius 3 is 2.21 bits per heavy atom. The molecule has 3 aliphatic heterocycles. The largest absolute Gasteiger partial charge is 0.354 e. The maximum Gasteiger partial charge on any atom is 0.246 e. The van der Waals surface area contributed by atoms with Gasteiger partial charge in [0.2, 0.25) is 21.8 Å². The van der Waals surface area contributed by atoms with E-state index in [1.54, 1.807) is 11.0 Å². The minimum Gasteiger partial charge on any atom is -0.354 e. The molecule has 1 fully saturated rings. The van der Waals surface area contributed by atoms with Gasteiger partial charge in [-0.25, -0.2) is 12.7 Å². The molecule has 0 aliphatic carbocycles. The summed E-state index contributed by atoms with van der Waals surface area (Å²) in [7, 11) is -3.68. The fourth-order valence-corrected chi connectivity index (χ4v) is 6.10. The van der Waals surface area contributed by atoms with E-state index >= 15 is 0 Å². The molecule has 8 heteroatoms. The van der Waals surface area contributed by atoms with Crippen LogP contribution in [-0.4, -0.2) is 59.7 Å². The lowest BCUT2D eigenvalue weighted by Gasteiger charge is -2.27. The Kier molecular flexibility index (Phi) is 9.56. The highest BCUT2D eigenvalue weighted by Crippen LogP contribution is 2.40. The van der Waals surface area contributed by atoms with Crippen molar-refractivity contribution in [3.8, 4) is 0 Å². The van der Waals surface area contributed by atoms with Crippen LogP contribution >= 0.6 is 0 Å². The Balaban J connectivity index is 1.35. The van der Waals surface area contributed by atoms with Crippen molar-refractivity contribution in [1.82, 2.24) is 14.1 Å².